The van der Waals surface area contributed by atoms with Crippen molar-refractivity contribution in [1.82, 2.24) is 4.98 Å². The number of fused-ring (bicyclic) bond motifs is 1. The van der Waals surface area contributed by atoms with Gasteiger partial charge in [-0.2, -0.15) is 0 Å². The van der Waals surface area contributed by atoms with Gasteiger partial charge < -0.3 is 19.8 Å². The molecule has 0 amide bonds. The highest BCUT2D eigenvalue weighted by molar-refractivity contribution is 6.10. The number of aromatic amines is 1. The molecule has 30 heavy (non-hydrogen) atoms. The molecule has 3 rings (SSSR count). The quantitative estimate of drug-likeness (QED) is 0.182. The van der Waals surface area contributed by atoms with Gasteiger partial charge >= 0.3 is 5.97 Å². The standard InChI is InChI=1S/C21H21N3O6/c1-13-20(15-5-3-4-6-18(15)23-13)19(25)12-30-21(26)16-11-14(24(27)28)7-8-17(16)22-9-10-29-2/h3-8,11,22-23H,9-10,12H2,1-2H3. The number of Topliss-reactive ketones (excluding diaryl/α,β-unsaturated/α-hetero) is 1. The molecule has 2 aromatic carbocycles. The minimum atomic E-state index is -0.829. The fraction of sp³-hybridized carbons (Fsp3) is 0.238. The number of hydrogen-bond acceptors (Lipinski definition) is 7. The average Bonchev–Trinajstić information content (AvgIpc) is 3.07. The Labute approximate surface area is 172 Å². The van der Waals surface area contributed by atoms with Gasteiger partial charge in [-0.25, -0.2) is 4.79 Å². The molecule has 0 bridgehead atoms. The zero-order valence-corrected chi connectivity index (χ0v) is 16.6. The minimum absolute atomic E-state index is 0.0243. The molecule has 1 heterocycles. The number of nitrogens with zero attached hydrogens (tertiary/aromatic N) is 1. The normalized spacial score (nSPS) is 10.7. The number of methoxy groups -OCH3 is 1. The summed E-state index contributed by atoms with van der Waals surface area (Å²) in [5.74, 6) is -1.19. The van der Waals surface area contributed by atoms with Crippen LogP contribution in [-0.4, -0.2) is 48.5 Å². The Morgan fingerprint density at radius 3 is 2.70 bits per heavy atom. The Hall–Kier alpha value is -3.72. The van der Waals surface area contributed by atoms with Gasteiger partial charge in [0.05, 0.1) is 17.1 Å². The third-order valence-corrected chi connectivity index (χ3v) is 4.56. The molecule has 0 aliphatic carbocycles. The Balaban J connectivity index is 1.79. The highest BCUT2D eigenvalue weighted by Crippen LogP contribution is 2.25. The van der Waals surface area contributed by atoms with Gasteiger partial charge in [0.15, 0.2) is 6.61 Å². The van der Waals surface area contributed by atoms with Crippen molar-refractivity contribution in [3.63, 3.8) is 0 Å². The van der Waals surface area contributed by atoms with Gasteiger partial charge in [-0.3, -0.25) is 14.9 Å². The van der Waals surface area contributed by atoms with Crippen LogP contribution in [0.2, 0.25) is 0 Å². The number of anilines is 1. The fourth-order valence-corrected chi connectivity index (χ4v) is 3.17. The van der Waals surface area contributed by atoms with E-state index in [1.54, 1.807) is 6.92 Å². The van der Waals surface area contributed by atoms with Crippen LogP contribution in [0.15, 0.2) is 42.5 Å². The number of H-pyrrole nitrogens is 1. The molecular formula is C21H21N3O6. The molecule has 1 aromatic heterocycles. The van der Waals surface area contributed by atoms with E-state index in [0.29, 0.717) is 30.1 Å². The van der Waals surface area contributed by atoms with Gasteiger partial charge in [-0.15, -0.1) is 0 Å². The number of carbonyl (C=O) groups is 2. The molecule has 0 fully saturated rings. The van der Waals surface area contributed by atoms with Gasteiger partial charge in [0, 0.05) is 53.6 Å². The number of ether oxygens (including phenoxy) is 2. The SMILES string of the molecule is COCCNc1ccc([N+](=O)[O-])cc1C(=O)OCC(=O)c1c(C)[nH]c2ccccc12. The van der Waals surface area contributed by atoms with Crippen LogP contribution in [0.5, 0.6) is 0 Å². The molecular weight excluding hydrogens is 390 g/mol. The van der Waals surface area contributed by atoms with Crippen LogP contribution < -0.4 is 5.32 Å². The topological polar surface area (TPSA) is 124 Å². The van der Waals surface area contributed by atoms with Crippen molar-refractivity contribution in [3.8, 4) is 0 Å². The lowest BCUT2D eigenvalue weighted by molar-refractivity contribution is -0.384. The van der Waals surface area contributed by atoms with Crippen molar-refractivity contribution in [2.75, 3.05) is 32.2 Å². The van der Waals surface area contributed by atoms with Crippen LogP contribution in [0, 0.1) is 17.0 Å². The highest BCUT2D eigenvalue weighted by Gasteiger charge is 2.21. The van der Waals surface area contributed by atoms with Crippen molar-refractivity contribution in [3.05, 3.63) is 69.4 Å². The van der Waals surface area contributed by atoms with Gasteiger partial charge in [-0.05, 0) is 19.1 Å². The second-order valence-electron chi connectivity index (χ2n) is 6.58. The van der Waals surface area contributed by atoms with E-state index in [0.717, 1.165) is 17.0 Å². The predicted molar refractivity (Wildman–Crippen MR) is 111 cm³/mol. The number of benzene rings is 2. The molecule has 0 saturated carbocycles. The Bertz CT molecular complexity index is 1110. The molecule has 2 N–H and O–H groups in total. The number of nitro benzene ring substituents is 1. The third-order valence-electron chi connectivity index (χ3n) is 4.56. The number of ketones is 1. The predicted octanol–water partition coefficient (Wildman–Crippen LogP) is 3.48. The maximum absolute atomic E-state index is 12.7. The number of aryl methyl sites for hydroxylation is 1. The monoisotopic (exact) mass is 411 g/mol. The molecule has 9 nitrogen and oxygen atoms in total. The van der Waals surface area contributed by atoms with E-state index in [2.05, 4.69) is 10.3 Å². The maximum Gasteiger partial charge on any atom is 0.340 e. The van der Waals surface area contributed by atoms with Crippen LogP contribution in [0.3, 0.4) is 0 Å². The van der Waals surface area contributed by atoms with E-state index in [1.807, 2.05) is 24.3 Å². The number of rotatable bonds is 9. The Morgan fingerprint density at radius 2 is 1.97 bits per heavy atom. The van der Waals surface area contributed by atoms with Crippen LogP contribution in [0.4, 0.5) is 11.4 Å². The van der Waals surface area contributed by atoms with E-state index in [4.69, 9.17) is 9.47 Å². The van der Waals surface area contributed by atoms with Gasteiger partial charge in [0.1, 0.15) is 0 Å². The summed E-state index contributed by atoms with van der Waals surface area (Å²) in [5.41, 5.74) is 2.03. The molecule has 3 aromatic rings. The molecule has 0 aliphatic rings. The number of non-ortho nitro benzene ring substituents is 1. The minimum Gasteiger partial charge on any atom is -0.454 e. The summed E-state index contributed by atoms with van der Waals surface area (Å²) in [4.78, 5) is 38.9. The lowest BCUT2D eigenvalue weighted by Gasteiger charge is -2.11. The third kappa shape index (κ3) is 4.47. The van der Waals surface area contributed by atoms with E-state index >= 15 is 0 Å². The molecule has 0 aliphatic heterocycles. The van der Waals surface area contributed by atoms with Crippen LogP contribution >= 0.6 is 0 Å². The zero-order valence-electron chi connectivity index (χ0n) is 16.6. The van der Waals surface area contributed by atoms with Crippen LogP contribution in [0.1, 0.15) is 26.4 Å². The molecule has 156 valence electrons. The van der Waals surface area contributed by atoms with Crippen LogP contribution in [-0.2, 0) is 9.47 Å². The van der Waals surface area contributed by atoms with E-state index in [-0.39, 0.29) is 17.0 Å². The molecule has 0 saturated heterocycles. The molecule has 9 heteroatoms. The van der Waals surface area contributed by atoms with E-state index < -0.39 is 17.5 Å². The van der Waals surface area contributed by atoms with Crippen LogP contribution in [0.25, 0.3) is 10.9 Å². The van der Waals surface area contributed by atoms with Gasteiger partial charge in [-0.1, -0.05) is 18.2 Å². The Kier molecular flexibility index (Phi) is 6.43. The van der Waals surface area contributed by atoms with E-state index in [9.17, 15) is 19.7 Å². The van der Waals surface area contributed by atoms with Crippen molar-refractivity contribution < 1.29 is 24.0 Å². The number of carbonyl (C=O) groups excluding carboxylic acids is 2. The average molecular weight is 411 g/mol. The summed E-state index contributed by atoms with van der Waals surface area (Å²) in [5, 5.41) is 14.8. The first-order chi connectivity index (χ1) is 14.4. The molecule has 0 unspecified atom stereocenters. The van der Waals surface area contributed by atoms with Crippen molar-refractivity contribution in [2.24, 2.45) is 0 Å². The van der Waals surface area contributed by atoms with Gasteiger partial charge in [0.2, 0.25) is 5.78 Å². The molecule has 0 radical (unpaired) electrons. The maximum atomic E-state index is 12.7. The lowest BCUT2D eigenvalue weighted by atomic mass is 10.1. The second-order valence-corrected chi connectivity index (χ2v) is 6.58. The number of esters is 1. The number of aromatic nitrogens is 1. The van der Waals surface area contributed by atoms with Crippen molar-refractivity contribution in [1.29, 1.82) is 0 Å². The summed E-state index contributed by atoms with van der Waals surface area (Å²) >= 11 is 0. The molecule has 0 atom stereocenters. The highest BCUT2D eigenvalue weighted by atomic mass is 16.6. The largest absolute Gasteiger partial charge is 0.454 e. The van der Waals surface area contributed by atoms with Gasteiger partial charge in [0.25, 0.3) is 5.69 Å². The number of nitro groups is 1. The summed E-state index contributed by atoms with van der Waals surface area (Å²) < 4.78 is 10.2. The first-order valence-corrected chi connectivity index (χ1v) is 9.21. The number of hydrogen-bond donors (Lipinski definition) is 2. The summed E-state index contributed by atoms with van der Waals surface area (Å²) in [6.45, 7) is 2.06. The second kappa shape index (κ2) is 9.19. The zero-order chi connectivity index (χ0) is 21.7. The number of nitrogens with one attached hydrogen (secondary N) is 2. The summed E-state index contributed by atoms with van der Waals surface area (Å²) in [7, 11) is 1.53. The van der Waals surface area contributed by atoms with Crippen molar-refractivity contribution >= 4 is 34.0 Å². The fourth-order valence-electron chi connectivity index (χ4n) is 3.17. The lowest BCUT2D eigenvalue weighted by Crippen LogP contribution is -2.17. The van der Waals surface area contributed by atoms with E-state index in [1.165, 1.54) is 19.2 Å². The summed E-state index contributed by atoms with van der Waals surface area (Å²) in [6, 6.07) is 11.2. The molecule has 0 spiro atoms. The first kappa shape index (κ1) is 21.0. The smallest absolute Gasteiger partial charge is 0.340 e. The van der Waals surface area contributed by atoms with Crippen molar-refractivity contribution in [2.45, 2.75) is 6.92 Å². The summed E-state index contributed by atoms with van der Waals surface area (Å²) in [6.07, 6.45) is 0. The number of para-hydroxylation sites is 1. The first-order valence-electron chi connectivity index (χ1n) is 9.21. The Morgan fingerprint density at radius 1 is 1.20 bits per heavy atom.